The Morgan fingerprint density at radius 2 is 2.00 bits per heavy atom. The second kappa shape index (κ2) is 4.07. The molecule has 0 unspecified atom stereocenters. The van der Waals surface area contributed by atoms with Crippen molar-refractivity contribution in [2.24, 2.45) is 5.73 Å². The van der Waals surface area contributed by atoms with Crippen molar-refractivity contribution in [3.8, 4) is 0 Å². The van der Waals surface area contributed by atoms with E-state index in [4.69, 9.17) is 5.73 Å². The molecule has 0 spiro atoms. The summed E-state index contributed by atoms with van der Waals surface area (Å²) in [7, 11) is 0. The van der Waals surface area contributed by atoms with Crippen molar-refractivity contribution in [3.63, 3.8) is 0 Å². The Kier molecular flexibility index (Phi) is 3.27. The van der Waals surface area contributed by atoms with Crippen LogP contribution in [0, 0.1) is 0 Å². The molecule has 1 aliphatic heterocycles. The van der Waals surface area contributed by atoms with E-state index in [1.54, 1.807) is 6.92 Å². The van der Waals surface area contributed by atoms with Crippen molar-refractivity contribution in [1.82, 2.24) is 10.2 Å². The average molecular weight is 185 g/mol. The van der Waals surface area contributed by atoms with Crippen LogP contribution in [0.5, 0.6) is 0 Å². The van der Waals surface area contributed by atoms with E-state index in [0.29, 0.717) is 12.1 Å². The Balaban J connectivity index is 2.18. The number of likely N-dealkylation sites (tertiary alicyclic amines) is 1. The van der Waals surface area contributed by atoms with E-state index < -0.39 is 6.04 Å². The number of carbonyl (C=O) groups is 1. The van der Waals surface area contributed by atoms with Gasteiger partial charge in [-0.15, -0.1) is 0 Å². The summed E-state index contributed by atoms with van der Waals surface area (Å²) in [6, 6.07) is 0.484. The topological polar surface area (TPSA) is 58.4 Å². The lowest BCUT2D eigenvalue weighted by atomic mass is 10.1. The zero-order valence-electron chi connectivity index (χ0n) is 8.58. The average Bonchev–Trinajstić information content (AvgIpc) is 1.94. The molecule has 4 nitrogen and oxygen atoms in total. The molecule has 1 fully saturated rings. The molecular weight excluding hydrogens is 166 g/mol. The zero-order chi connectivity index (χ0) is 10.0. The molecule has 4 heteroatoms. The van der Waals surface area contributed by atoms with Crippen LogP contribution < -0.4 is 11.1 Å². The van der Waals surface area contributed by atoms with Crippen LogP contribution in [-0.2, 0) is 4.79 Å². The maximum Gasteiger partial charge on any atom is 0.236 e. The quantitative estimate of drug-likeness (QED) is 0.625. The SMILES string of the molecule is CC(C)N1CC(NC(=O)[C@H](C)N)C1. The van der Waals surface area contributed by atoms with Gasteiger partial charge < -0.3 is 11.1 Å². The van der Waals surface area contributed by atoms with Gasteiger partial charge in [-0.2, -0.15) is 0 Å². The fourth-order valence-electron chi connectivity index (χ4n) is 1.36. The Labute approximate surface area is 79.5 Å². The lowest BCUT2D eigenvalue weighted by Crippen LogP contribution is -2.62. The van der Waals surface area contributed by atoms with Gasteiger partial charge in [-0.25, -0.2) is 0 Å². The van der Waals surface area contributed by atoms with Gasteiger partial charge in [0.25, 0.3) is 0 Å². The first kappa shape index (κ1) is 10.5. The van der Waals surface area contributed by atoms with E-state index in [-0.39, 0.29) is 5.91 Å². The van der Waals surface area contributed by atoms with E-state index >= 15 is 0 Å². The molecule has 3 N–H and O–H groups in total. The Bertz CT molecular complexity index is 185. The molecule has 0 saturated carbocycles. The second-order valence-corrected chi connectivity index (χ2v) is 4.04. The van der Waals surface area contributed by atoms with Crippen molar-refractivity contribution < 1.29 is 4.79 Å². The molecule has 0 aliphatic carbocycles. The molecule has 0 aromatic carbocycles. The predicted octanol–water partition coefficient (Wildman–Crippen LogP) is -0.458. The summed E-state index contributed by atoms with van der Waals surface area (Å²) in [4.78, 5) is 13.5. The molecule has 13 heavy (non-hydrogen) atoms. The third-order valence-corrected chi connectivity index (χ3v) is 2.40. The van der Waals surface area contributed by atoms with Crippen molar-refractivity contribution in [1.29, 1.82) is 0 Å². The zero-order valence-corrected chi connectivity index (χ0v) is 8.58. The molecule has 1 amide bonds. The van der Waals surface area contributed by atoms with E-state index in [1.165, 1.54) is 0 Å². The highest BCUT2D eigenvalue weighted by atomic mass is 16.2. The molecule has 1 aliphatic rings. The predicted molar refractivity (Wildman–Crippen MR) is 52.3 cm³/mol. The van der Waals surface area contributed by atoms with Crippen LogP contribution in [0.1, 0.15) is 20.8 Å². The molecule has 1 atom stereocenters. The highest BCUT2D eigenvalue weighted by molar-refractivity contribution is 5.81. The summed E-state index contributed by atoms with van der Waals surface area (Å²) in [5, 5.41) is 2.90. The minimum atomic E-state index is -0.395. The molecule has 1 saturated heterocycles. The summed E-state index contributed by atoms with van der Waals surface area (Å²) >= 11 is 0. The van der Waals surface area contributed by atoms with Crippen LogP contribution in [-0.4, -0.2) is 42.0 Å². The number of hydrogen-bond acceptors (Lipinski definition) is 3. The number of carbonyl (C=O) groups excluding carboxylic acids is 1. The first-order valence-electron chi connectivity index (χ1n) is 4.80. The third kappa shape index (κ3) is 2.67. The van der Waals surface area contributed by atoms with E-state index in [0.717, 1.165) is 13.1 Å². The minimum absolute atomic E-state index is 0.0478. The number of rotatable bonds is 3. The first-order valence-corrected chi connectivity index (χ1v) is 4.80. The molecule has 1 rings (SSSR count). The second-order valence-electron chi connectivity index (χ2n) is 4.04. The molecule has 1 heterocycles. The van der Waals surface area contributed by atoms with Crippen molar-refractivity contribution in [3.05, 3.63) is 0 Å². The molecule has 0 bridgehead atoms. The van der Waals surface area contributed by atoms with E-state index in [9.17, 15) is 4.79 Å². The molecule has 0 radical (unpaired) electrons. The maximum atomic E-state index is 11.2. The van der Waals surface area contributed by atoms with Crippen LogP contribution in [0.3, 0.4) is 0 Å². The minimum Gasteiger partial charge on any atom is -0.349 e. The molecule has 76 valence electrons. The first-order chi connectivity index (χ1) is 6.00. The smallest absolute Gasteiger partial charge is 0.236 e. The lowest BCUT2D eigenvalue weighted by molar-refractivity contribution is -0.124. The normalized spacial score (nSPS) is 21.3. The highest BCUT2D eigenvalue weighted by Gasteiger charge is 2.29. The van der Waals surface area contributed by atoms with Gasteiger partial charge >= 0.3 is 0 Å². The molecule has 0 aromatic rings. The number of hydrogen-bond donors (Lipinski definition) is 2. The number of nitrogens with one attached hydrogen (secondary N) is 1. The van der Waals surface area contributed by atoms with Gasteiger partial charge in [-0.05, 0) is 20.8 Å². The lowest BCUT2D eigenvalue weighted by Gasteiger charge is -2.42. The van der Waals surface area contributed by atoms with Gasteiger partial charge in [-0.1, -0.05) is 0 Å². The van der Waals surface area contributed by atoms with Crippen molar-refractivity contribution in [2.75, 3.05) is 13.1 Å². The van der Waals surface area contributed by atoms with Gasteiger partial charge in [0.1, 0.15) is 0 Å². The summed E-state index contributed by atoms with van der Waals surface area (Å²) in [5.41, 5.74) is 5.43. The van der Waals surface area contributed by atoms with Gasteiger partial charge in [0.2, 0.25) is 5.91 Å². The molecule has 0 aromatic heterocycles. The van der Waals surface area contributed by atoms with Crippen LogP contribution in [0.15, 0.2) is 0 Å². The highest BCUT2D eigenvalue weighted by Crippen LogP contribution is 2.11. The van der Waals surface area contributed by atoms with Gasteiger partial charge in [0, 0.05) is 19.1 Å². The van der Waals surface area contributed by atoms with Crippen LogP contribution in [0.2, 0.25) is 0 Å². The summed E-state index contributed by atoms with van der Waals surface area (Å²) in [6.45, 7) is 7.92. The standard InChI is InChI=1S/C9H19N3O/c1-6(2)12-4-8(5-12)11-9(13)7(3)10/h6-8H,4-5,10H2,1-3H3,(H,11,13)/t7-/m0/s1. The monoisotopic (exact) mass is 185 g/mol. The fourth-order valence-corrected chi connectivity index (χ4v) is 1.36. The van der Waals surface area contributed by atoms with Crippen molar-refractivity contribution >= 4 is 5.91 Å². The molecular formula is C9H19N3O. The Morgan fingerprint density at radius 3 is 2.38 bits per heavy atom. The third-order valence-electron chi connectivity index (χ3n) is 2.40. The fraction of sp³-hybridized carbons (Fsp3) is 0.889. The van der Waals surface area contributed by atoms with Crippen LogP contribution >= 0.6 is 0 Å². The van der Waals surface area contributed by atoms with E-state index in [2.05, 4.69) is 24.1 Å². The number of nitrogens with zero attached hydrogens (tertiary/aromatic N) is 1. The van der Waals surface area contributed by atoms with Crippen LogP contribution in [0.4, 0.5) is 0 Å². The van der Waals surface area contributed by atoms with Gasteiger partial charge in [-0.3, -0.25) is 9.69 Å². The number of nitrogens with two attached hydrogens (primary N) is 1. The summed E-state index contributed by atoms with van der Waals surface area (Å²) < 4.78 is 0. The largest absolute Gasteiger partial charge is 0.349 e. The number of amides is 1. The maximum absolute atomic E-state index is 11.2. The summed E-state index contributed by atoms with van der Waals surface area (Å²) in [6.07, 6.45) is 0. The van der Waals surface area contributed by atoms with Crippen LogP contribution in [0.25, 0.3) is 0 Å². The Hall–Kier alpha value is -0.610. The Morgan fingerprint density at radius 1 is 1.46 bits per heavy atom. The van der Waals surface area contributed by atoms with E-state index in [1.807, 2.05) is 0 Å². The van der Waals surface area contributed by atoms with Gasteiger partial charge in [0.05, 0.1) is 12.1 Å². The van der Waals surface area contributed by atoms with Crippen molar-refractivity contribution in [2.45, 2.75) is 38.9 Å². The van der Waals surface area contributed by atoms with Gasteiger partial charge in [0.15, 0.2) is 0 Å². The summed E-state index contributed by atoms with van der Waals surface area (Å²) in [5.74, 6) is -0.0478.